The van der Waals surface area contributed by atoms with Crippen LogP contribution in [0.1, 0.15) is 24.6 Å². The van der Waals surface area contributed by atoms with Gasteiger partial charge in [0, 0.05) is 23.2 Å². The van der Waals surface area contributed by atoms with E-state index < -0.39 is 0 Å². The lowest BCUT2D eigenvalue weighted by molar-refractivity contribution is 0.121. The molecule has 1 heterocycles. The number of rotatable bonds is 5. The Morgan fingerprint density at radius 1 is 1.39 bits per heavy atom. The number of aryl methyl sites for hydroxylation is 1. The van der Waals surface area contributed by atoms with Crippen molar-refractivity contribution in [3.8, 4) is 10.6 Å². The van der Waals surface area contributed by atoms with Gasteiger partial charge in [0.1, 0.15) is 10.8 Å². The number of hydrogen-bond donors (Lipinski definition) is 0. The van der Waals surface area contributed by atoms with Crippen LogP contribution in [0.4, 0.5) is 4.39 Å². The van der Waals surface area contributed by atoms with Crippen LogP contribution in [0.3, 0.4) is 0 Å². The number of benzene rings is 1. The Balaban J connectivity index is 2.28. The van der Waals surface area contributed by atoms with Crippen LogP contribution in [0.25, 0.3) is 10.6 Å². The molecular weight excluding hydrogens is 249 g/mol. The molecule has 0 aliphatic heterocycles. The minimum atomic E-state index is -0.234. The molecule has 1 aromatic carbocycles. The minimum Gasteiger partial charge on any atom is -0.377 e. The minimum absolute atomic E-state index is 0.234. The highest BCUT2D eigenvalue weighted by atomic mass is 32.1. The van der Waals surface area contributed by atoms with Crippen LogP contribution < -0.4 is 0 Å². The van der Waals surface area contributed by atoms with E-state index in [1.165, 1.54) is 12.1 Å². The molecule has 0 unspecified atom stereocenters. The highest BCUT2D eigenvalue weighted by Gasteiger charge is 2.10. The van der Waals surface area contributed by atoms with E-state index in [1.54, 1.807) is 17.4 Å². The summed E-state index contributed by atoms with van der Waals surface area (Å²) in [7, 11) is 0. The van der Waals surface area contributed by atoms with Gasteiger partial charge < -0.3 is 4.74 Å². The van der Waals surface area contributed by atoms with Gasteiger partial charge in [-0.1, -0.05) is 6.92 Å². The van der Waals surface area contributed by atoms with Crippen molar-refractivity contribution in [1.82, 2.24) is 4.98 Å². The van der Waals surface area contributed by atoms with Gasteiger partial charge in [0.25, 0.3) is 0 Å². The SMILES string of the molecule is CCCOCc1cc(F)ccc1-c1nc(C)cs1. The molecule has 0 amide bonds. The number of ether oxygens (including phenoxy) is 1. The third-order valence-corrected chi connectivity index (χ3v) is 3.52. The fourth-order valence-corrected chi connectivity index (χ4v) is 2.55. The van der Waals surface area contributed by atoms with Crippen LogP contribution in [0.15, 0.2) is 23.6 Å². The summed E-state index contributed by atoms with van der Waals surface area (Å²) in [5, 5.41) is 2.91. The molecule has 2 aromatic rings. The third kappa shape index (κ3) is 3.15. The fourth-order valence-electron chi connectivity index (χ4n) is 1.69. The van der Waals surface area contributed by atoms with Crippen molar-refractivity contribution in [2.75, 3.05) is 6.61 Å². The summed E-state index contributed by atoms with van der Waals surface area (Å²) in [6, 6.07) is 4.77. The monoisotopic (exact) mass is 265 g/mol. The number of hydrogen-bond acceptors (Lipinski definition) is 3. The molecule has 18 heavy (non-hydrogen) atoms. The second-order valence-electron chi connectivity index (χ2n) is 4.15. The largest absolute Gasteiger partial charge is 0.377 e. The number of halogens is 1. The van der Waals surface area contributed by atoms with Crippen LogP contribution in [0, 0.1) is 12.7 Å². The van der Waals surface area contributed by atoms with Crippen molar-refractivity contribution in [2.45, 2.75) is 26.9 Å². The average molecular weight is 265 g/mol. The first-order valence-corrected chi connectivity index (χ1v) is 6.87. The smallest absolute Gasteiger partial charge is 0.123 e. The molecule has 0 aliphatic rings. The van der Waals surface area contributed by atoms with Gasteiger partial charge in [0.15, 0.2) is 0 Å². The maximum atomic E-state index is 13.3. The van der Waals surface area contributed by atoms with Crippen LogP contribution in [0.2, 0.25) is 0 Å². The molecule has 0 bridgehead atoms. The predicted octanol–water partition coefficient (Wildman–Crippen LogP) is 4.18. The van der Waals surface area contributed by atoms with Crippen LogP contribution in [0.5, 0.6) is 0 Å². The molecule has 1 aromatic heterocycles. The molecule has 0 saturated heterocycles. The van der Waals surface area contributed by atoms with Gasteiger partial charge in [-0.2, -0.15) is 0 Å². The Hall–Kier alpha value is -1.26. The van der Waals surface area contributed by atoms with Crippen molar-refractivity contribution >= 4 is 11.3 Å². The van der Waals surface area contributed by atoms with Crippen molar-refractivity contribution in [3.63, 3.8) is 0 Å². The Morgan fingerprint density at radius 3 is 2.89 bits per heavy atom. The third-order valence-electron chi connectivity index (χ3n) is 2.52. The first kappa shape index (κ1) is 13.2. The van der Waals surface area contributed by atoms with E-state index in [4.69, 9.17) is 4.74 Å². The van der Waals surface area contributed by atoms with Gasteiger partial charge in [-0.05, 0) is 37.1 Å². The summed E-state index contributed by atoms with van der Waals surface area (Å²) in [5.74, 6) is -0.234. The lowest BCUT2D eigenvalue weighted by Crippen LogP contribution is -1.97. The first-order chi connectivity index (χ1) is 8.70. The molecule has 0 fully saturated rings. The molecule has 0 aliphatic carbocycles. The summed E-state index contributed by atoms with van der Waals surface area (Å²) in [6.45, 7) is 5.12. The van der Waals surface area contributed by atoms with Crippen molar-refractivity contribution < 1.29 is 9.13 Å². The van der Waals surface area contributed by atoms with Gasteiger partial charge >= 0.3 is 0 Å². The summed E-state index contributed by atoms with van der Waals surface area (Å²) >= 11 is 1.57. The Morgan fingerprint density at radius 2 is 2.22 bits per heavy atom. The Kier molecular flexibility index (Phi) is 4.44. The van der Waals surface area contributed by atoms with E-state index in [2.05, 4.69) is 11.9 Å². The second kappa shape index (κ2) is 6.07. The van der Waals surface area contributed by atoms with Crippen LogP contribution in [-0.2, 0) is 11.3 Å². The van der Waals surface area contributed by atoms with Gasteiger partial charge in [0.05, 0.1) is 6.61 Å². The first-order valence-electron chi connectivity index (χ1n) is 5.99. The molecular formula is C14H16FNOS. The number of nitrogens with zero attached hydrogens (tertiary/aromatic N) is 1. The lowest BCUT2D eigenvalue weighted by atomic mass is 10.1. The van der Waals surface area contributed by atoms with E-state index in [0.29, 0.717) is 13.2 Å². The summed E-state index contributed by atoms with van der Waals surface area (Å²) in [6.07, 6.45) is 0.959. The molecule has 0 spiro atoms. The molecule has 2 nitrogen and oxygen atoms in total. The highest BCUT2D eigenvalue weighted by molar-refractivity contribution is 7.13. The molecule has 0 atom stereocenters. The quantitative estimate of drug-likeness (QED) is 0.756. The zero-order chi connectivity index (χ0) is 13.0. The van der Waals surface area contributed by atoms with Crippen molar-refractivity contribution in [1.29, 1.82) is 0 Å². The predicted molar refractivity (Wildman–Crippen MR) is 72.2 cm³/mol. The van der Waals surface area contributed by atoms with Gasteiger partial charge in [-0.15, -0.1) is 11.3 Å². The van der Waals surface area contributed by atoms with Crippen molar-refractivity contribution in [3.05, 3.63) is 40.7 Å². The Labute approximate surface area is 110 Å². The summed E-state index contributed by atoms with van der Waals surface area (Å²) in [5.41, 5.74) is 2.81. The standard InChI is InChI=1S/C14H16FNOS/c1-3-6-17-8-11-7-12(15)4-5-13(11)14-16-10(2)9-18-14/h4-5,7,9H,3,6,8H2,1-2H3. The van der Waals surface area contributed by atoms with E-state index in [0.717, 1.165) is 28.2 Å². The van der Waals surface area contributed by atoms with Gasteiger partial charge in [-0.3, -0.25) is 0 Å². The topological polar surface area (TPSA) is 22.1 Å². The fraction of sp³-hybridized carbons (Fsp3) is 0.357. The van der Waals surface area contributed by atoms with E-state index in [9.17, 15) is 4.39 Å². The molecule has 4 heteroatoms. The molecule has 0 N–H and O–H groups in total. The molecule has 2 rings (SSSR count). The maximum Gasteiger partial charge on any atom is 0.123 e. The number of thiazole rings is 1. The summed E-state index contributed by atoms with van der Waals surface area (Å²) in [4.78, 5) is 4.44. The van der Waals surface area contributed by atoms with Crippen LogP contribution in [-0.4, -0.2) is 11.6 Å². The molecule has 96 valence electrons. The van der Waals surface area contributed by atoms with Crippen molar-refractivity contribution in [2.24, 2.45) is 0 Å². The van der Waals surface area contributed by atoms with E-state index in [-0.39, 0.29) is 5.82 Å². The molecule has 0 saturated carbocycles. The van der Waals surface area contributed by atoms with E-state index in [1.807, 2.05) is 12.3 Å². The lowest BCUT2D eigenvalue weighted by Gasteiger charge is -2.08. The summed E-state index contributed by atoms with van der Waals surface area (Å²) < 4.78 is 18.8. The van der Waals surface area contributed by atoms with Gasteiger partial charge in [0.2, 0.25) is 0 Å². The maximum absolute atomic E-state index is 13.3. The molecule has 0 radical (unpaired) electrons. The Bertz CT molecular complexity index is 524. The van der Waals surface area contributed by atoms with E-state index >= 15 is 0 Å². The number of aromatic nitrogens is 1. The zero-order valence-electron chi connectivity index (χ0n) is 10.6. The van der Waals surface area contributed by atoms with Crippen LogP contribution >= 0.6 is 11.3 Å². The normalized spacial score (nSPS) is 10.8. The average Bonchev–Trinajstić information content (AvgIpc) is 2.76. The second-order valence-corrected chi connectivity index (χ2v) is 5.01. The highest BCUT2D eigenvalue weighted by Crippen LogP contribution is 2.28. The zero-order valence-corrected chi connectivity index (χ0v) is 11.4. The van der Waals surface area contributed by atoms with Gasteiger partial charge in [-0.25, -0.2) is 9.37 Å².